The minimum atomic E-state index is -1.41. The van der Waals surface area contributed by atoms with Crippen molar-refractivity contribution in [1.82, 2.24) is 0 Å². The molecule has 0 saturated heterocycles. The zero-order chi connectivity index (χ0) is 20.1. The Labute approximate surface area is 169 Å². The van der Waals surface area contributed by atoms with Gasteiger partial charge in [0.25, 0.3) is 0 Å². The molecule has 2 aromatic carbocycles. The molecule has 3 rings (SSSR count). The fraction of sp³-hybridized carbons (Fsp3) is 0.261. The SMILES string of the molecule is CCOC(=O)C1CC(C#N)(C#N)C(c2ccccc2)=CC1c1ccc(Cl)cc1. The van der Waals surface area contributed by atoms with Gasteiger partial charge in [0.05, 0.1) is 24.7 Å². The van der Waals surface area contributed by atoms with E-state index in [2.05, 4.69) is 12.1 Å². The minimum absolute atomic E-state index is 0.0762. The predicted molar refractivity (Wildman–Crippen MR) is 107 cm³/mol. The third-order valence-electron chi connectivity index (χ3n) is 5.08. The van der Waals surface area contributed by atoms with Gasteiger partial charge in [-0.15, -0.1) is 0 Å². The van der Waals surface area contributed by atoms with Crippen LogP contribution in [-0.4, -0.2) is 12.6 Å². The van der Waals surface area contributed by atoms with Gasteiger partial charge in [-0.25, -0.2) is 0 Å². The maximum Gasteiger partial charge on any atom is 0.309 e. The highest BCUT2D eigenvalue weighted by Gasteiger charge is 2.47. The van der Waals surface area contributed by atoms with E-state index in [1.807, 2.05) is 48.5 Å². The average Bonchev–Trinajstić information content (AvgIpc) is 2.74. The molecule has 0 saturated carbocycles. The zero-order valence-corrected chi connectivity index (χ0v) is 16.2. The van der Waals surface area contributed by atoms with Crippen molar-refractivity contribution < 1.29 is 9.53 Å². The van der Waals surface area contributed by atoms with Gasteiger partial charge in [-0.05, 0) is 42.2 Å². The lowest BCUT2D eigenvalue weighted by atomic mass is 9.63. The summed E-state index contributed by atoms with van der Waals surface area (Å²) in [5.41, 5.74) is 0.896. The fourth-order valence-electron chi connectivity index (χ4n) is 3.69. The maximum absolute atomic E-state index is 12.7. The lowest BCUT2D eigenvalue weighted by Gasteiger charge is -2.36. The van der Waals surface area contributed by atoms with Gasteiger partial charge in [0.2, 0.25) is 0 Å². The maximum atomic E-state index is 12.7. The summed E-state index contributed by atoms with van der Waals surface area (Å²) >= 11 is 6.02. The molecule has 2 unspecified atom stereocenters. The van der Waals surface area contributed by atoms with Crippen LogP contribution >= 0.6 is 11.6 Å². The number of carbonyl (C=O) groups is 1. The number of benzene rings is 2. The second-order valence-corrected chi connectivity index (χ2v) is 7.15. The van der Waals surface area contributed by atoms with Crippen LogP contribution in [0.15, 0.2) is 60.7 Å². The molecule has 4 nitrogen and oxygen atoms in total. The molecule has 1 aliphatic carbocycles. The Kier molecular flexibility index (Phi) is 5.83. The van der Waals surface area contributed by atoms with E-state index < -0.39 is 17.3 Å². The summed E-state index contributed by atoms with van der Waals surface area (Å²) in [5.74, 6) is -1.35. The van der Waals surface area contributed by atoms with E-state index in [1.165, 1.54) is 0 Å². The molecule has 28 heavy (non-hydrogen) atoms. The molecule has 2 atom stereocenters. The van der Waals surface area contributed by atoms with Crippen molar-refractivity contribution in [2.24, 2.45) is 11.3 Å². The third kappa shape index (κ3) is 3.65. The summed E-state index contributed by atoms with van der Waals surface area (Å²) in [4.78, 5) is 12.7. The summed E-state index contributed by atoms with van der Waals surface area (Å²) in [7, 11) is 0. The van der Waals surface area contributed by atoms with Gasteiger partial charge in [0.1, 0.15) is 0 Å². The predicted octanol–water partition coefficient (Wildman–Crippen LogP) is 5.12. The van der Waals surface area contributed by atoms with E-state index in [-0.39, 0.29) is 18.9 Å². The topological polar surface area (TPSA) is 73.9 Å². The van der Waals surface area contributed by atoms with Crippen LogP contribution in [0.4, 0.5) is 0 Å². The molecule has 5 heteroatoms. The Morgan fingerprint density at radius 2 is 1.79 bits per heavy atom. The van der Waals surface area contributed by atoms with Crippen LogP contribution < -0.4 is 0 Å². The van der Waals surface area contributed by atoms with Crippen molar-refractivity contribution in [3.63, 3.8) is 0 Å². The van der Waals surface area contributed by atoms with E-state index in [0.29, 0.717) is 10.6 Å². The Morgan fingerprint density at radius 3 is 2.36 bits per heavy atom. The second kappa shape index (κ2) is 8.30. The Balaban J connectivity index is 2.20. The summed E-state index contributed by atoms with van der Waals surface area (Å²) in [6.07, 6.45) is 1.95. The molecule has 0 fully saturated rings. The van der Waals surface area contributed by atoms with Gasteiger partial charge in [0.15, 0.2) is 5.41 Å². The third-order valence-corrected chi connectivity index (χ3v) is 5.33. The number of hydrogen-bond acceptors (Lipinski definition) is 4. The molecular weight excluding hydrogens is 372 g/mol. The minimum Gasteiger partial charge on any atom is -0.466 e. The first-order chi connectivity index (χ1) is 13.5. The molecule has 0 heterocycles. The summed E-state index contributed by atoms with van der Waals surface area (Å²) < 4.78 is 5.27. The molecule has 0 amide bonds. The highest BCUT2D eigenvalue weighted by molar-refractivity contribution is 6.30. The highest BCUT2D eigenvalue weighted by atomic mass is 35.5. The Morgan fingerprint density at radius 1 is 1.14 bits per heavy atom. The van der Waals surface area contributed by atoms with Crippen molar-refractivity contribution in [1.29, 1.82) is 10.5 Å². The Bertz CT molecular complexity index is 954. The number of carbonyl (C=O) groups excluding carboxylic acids is 1. The zero-order valence-electron chi connectivity index (χ0n) is 15.4. The van der Waals surface area contributed by atoms with Gasteiger partial charge < -0.3 is 4.74 Å². The van der Waals surface area contributed by atoms with E-state index in [9.17, 15) is 15.3 Å². The molecular formula is C23H19ClN2O2. The number of esters is 1. The van der Waals surface area contributed by atoms with Gasteiger partial charge in [0, 0.05) is 10.9 Å². The molecule has 2 aromatic rings. The summed E-state index contributed by atoms with van der Waals surface area (Å²) in [6, 6.07) is 21.0. The van der Waals surface area contributed by atoms with Crippen molar-refractivity contribution >= 4 is 23.1 Å². The van der Waals surface area contributed by atoms with Crippen LogP contribution in [0.1, 0.15) is 30.4 Å². The molecule has 1 aliphatic rings. The largest absolute Gasteiger partial charge is 0.466 e. The van der Waals surface area contributed by atoms with Gasteiger partial charge >= 0.3 is 5.97 Å². The lowest BCUT2D eigenvalue weighted by molar-refractivity contribution is -0.149. The van der Waals surface area contributed by atoms with E-state index in [0.717, 1.165) is 11.1 Å². The summed E-state index contributed by atoms with van der Waals surface area (Å²) in [6.45, 7) is 1.98. The van der Waals surface area contributed by atoms with Crippen LogP contribution in [0.25, 0.3) is 5.57 Å². The van der Waals surface area contributed by atoms with Crippen LogP contribution in [-0.2, 0) is 9.53 Å². The lowest BCUT2D eigenvalue weighted by Crippen LogP contribution is -2.35. The normalized spacial score (nSPS) is 20.4. The summed E-state index contributed by atoms with van der Waals surface area (Å²) in [5, 5.41) is 20.4. The van der Waals surface area contributed by atoms with Gasteiger partial charge in [-0.3, -0.25) is 4.79 Å². The number of hydrogen-bond donors (Lipinski definition) is 0. The number of halogens is 1. The van der Waals surface area contributed by atoms with Crippen molar-refractivity contribution in [3.05, 3.63) is 76.8 Å². The highest BCUT2D eigenvalue weighted by Crippen LogP contribution is 2.50. The van der Waals surface area contributed by atoms with Crippen molar-refractivity contribution in [2.75, 3.05) is 6.61 Å². The Hall–Kier alpha value is -3.08. The van der Waals surface area contributed by atoms with Crippen LogP contribution in [0.2, 0.25) is 5.02 Å². The molecule has 140 valence electrons. The standard InChI is InChI=1S/C23H19ClN2O2/c1-2-28-22(27)20-13-23(14-25,15-26)21(17-6-4-3-5-7-17)12-19(20)16-8-10-18(24)11-9-16/h3-12,19-20H,2,13H2,1H3. The number of rotatable bonds is 4. The van der Waals surface area contributed by atoms with Crippen LogP contribution in [0, 0.1) is 34.0 Å². The smallest absolute Gasteiger partial charge is 0.309 e. The number of nitrogens with zero attached hydrogens (tertiary/aromatic N) is 2. The van der Waals surface area contributed by atoms with Crippen molar-refractivity contribution in [2.45, 2.75) is 19.3 Å². The molecule has 0 N–H and O–H groups in total. The van der Waals surface area contributed by atoms with E-state index in [4.69, 9.17) is 16.3 Å². The van der Waals surface area contributed by atoms with Gasteiger partial charge in [-0.1, -0.05) is 60.1 Å². The van der Waals surface area contributed by atoms with Gasteiger partial charge in [-0.2, -0.15) is 10.5 Å². The van der Waals surface area contributed by atoms with E-state index in [1.54, 1.807) is 19.1 Å². The molecule has 0 spiro atoms. The first-order valence-corrected chi connectivity index (χ1v) is 9.44. The monoisotopic (exact) mass is 390 g/mol. The quantitative estimate of drug-likeness (QED) is 0.679. The van der Waals surface area contributed by atoms with Crippen molar-refractivity contribution in [3.8, 4) is 12.1 Å². The molecule has 0 radical (unpaired) electrons. The second-order valence-electron chi connectivity index (χ2n) is 6.72. The fourth-order valence-corrected chi connectivity index (χ4v) is 3.82. The first-order valence-electron chi connectivity index (χ1n) is 9.07. The number of allylic oxidation sites excluding steroid dienone is 2. The number of ether oxygens (including phenoxy) is 1. The number of nitriles is 2. The first kappa shape index (κ1) is 19.7. The average molecular weight is 391 g/mol. The molecule has 0 aromatic heterocycles. The molecule has 0 bridgehead atoms. The van der Waals surface area contributed by atoms with Crippen LogP contribution in [0.5, 0.6) is 0 Å². The van der Waals surface area contributed by atoms with E-state index >= 15 is 0 Å². The molecule has 0 aliphatic heterocycles. The van der Waals surface area contributed by atoms with Crippen LogP contribution in [0.3, 0.4) is 0 Å².